The minimum absolute atomic E-state index is 0.306. The Balaban J connectivity index is 1.67. The van der Waals surface area contributed by atoms with Crippen LogP contribution in [0.2, 0.25) is 5.02 Å². The molecular weight excluding hydrogens is 352 g/mol. The Labute approximate surface area is 155 Å². The van der Waals surface area contributed by atoms with E-state index in [4.69, 9.17) is 11.6 Å². The van der Waals surface area contributed by atoms with Gasteiger partial charge in [0.2, 0.25) is 0 Å². The summed E-state index contributed by atoms with van der Waals surface area (Å²) >= 11 is 6.23. The number of fused-ring (bicyclic) bond motifs is 1. The van der Waals surface area contributed by atoms with Crippen LogP contribution in [0.4, 0.5) is 5.82 Å². The van der Waals surface area contributed by atoms with Gasteiger partial charge in [0, 0.05) is 11.1 Å². The van der Waals surface area contributed by atoms with E-state index in [9.17, 15) is 4.79 Å². The fraction of sp³-hybridized carbons (Fsp3) is 0.444. The van der Waals surface area contributed by atoms with Gasteiger partial charge in [-0.05, 0) is 30.4 Å². The van der Waals surface area contributed by atoms with Gasteiger partial charge in [0.1, 0.15) is 0 Å². The molecule has 0 radical (unpaired) electrons. The summed E-state index contributed by atoms with van der Waals surface area (Å²) < 4.78 is 1.58. The smallest absolute Gasteiger partial charge is 0.292 e. The van der Waals surface area contributed by atoms with Crippen LogP contribution in [0.15, 0.2) is 29.1 Å². The highest BCUT2D eigenvalue weighted by atomic mass is 35.5. The van der Waals surface area contributed by atoms with Crippen molar-refractivity contribution in [2.75, 3.05) is 5.32 Å². The van der Waals surface area contributed by atoms with E-state index in [1.165, 1.54) is 12.8 Å². The molecule has 7 nitrogen and oxygen atoms in total. The molecule has 1 saturated carbocycles. The van der Waals surface area contributed by atoms with Crippen molar-refractivity contribution in [2.45, 2.75) is 45.2 Å². The van der Waals surface area contributed by atoms with E-state index in [1.54, 1.807) is 4.68 Å². The lowest BCUT2D eigenvalue weighted by Crippen LogP contribution is -2.27. The first-order valence-electron chi connectivity index (χ1n) is 8.93. The van der Waals surface area contributed by atoms with Crippen LogP contribution in [0.1, 0.15) is 38.2 Å². The summed E-state index contributed by atoms with van der Waals surface area (Å²) in [7, 11) is 0. The zero-order valence-corrected chi connectivity index (χ0v) is 15.3. The second kappa shape index (κ2) is 7.07. The Morgan fingerprint density at radius 2 is 2.19 bits per heavy atom. The average molecular weight is 373 g/mol. The summed E-state index contributed by atoms with van der Waals surface area (Å²) in [5.74, 6) is 1.28. The van der Waals surface area contributed by atoms with E-state index in [0.29, 0.717) is 40.4 Å². The normalized spacial score (nSPS) is 20.4. The lowest BCUT2D eigenvalue weighted by Gasteiger charge is -2.27. The number of rotatable bonds is 4. The number of nitrogens with one attached hydrogen (secondary N) is 2. The highest BCUT2D eigenvalue weighted by molar-refractivity contribution is 6.31. The Morgan fingerprint density at radius 1 is 1.35 bits per heavy atom. The third-order valence-corrected chi connectivity index (χ3v) is 5.37. The van der Waals surface area contributed by atoms with Crippen LogP contribution in [-0.2, 0) is 6.54 Å². The van der Waals surface area contributed by atoms with E-state index >= 15 is 0 Å². The summed E-state index contributed by atoms with van der Waals surface area (Å²) in [6.07, 6.45) is 4.65. The predicted molar refractivity (Wildman–Crippen MR) is 102 cm³/mol. The number of hydrogen-bond acceptors (Lipinski definition) is 5. The Kier molecular flexibility index (Phi) is 4.63. The minimum Gasteiger partial charge on any atom is -0.364 e. The summed E-state index contributed by atoms with van der Waals surface area (Å²) in [6, 6.07) is 7.85. The van der Waals surface area contributed by atoms with Gasteiger partial charge in [-0.25, -0.2) is 9.78 Å². The van der Waals surface area contributed by atoms with Crippen molar-refractivity contribution in [3.05, 3.63) is 45.2 Å². The summed E-state index contributed by atoms with van der Waals surface area (Å²) in [6.45, 7) is 2.65. The molecule has 136 valence electrons. The fourth-order valence-corrected chi connectivity index (χ4v) is 3.86. The number of aromatic amines is 1. The summed E-state index contributed by atoms with van der Waals surface area (Å²) in [4.78, 5) is 12.4. The van der Waals surface area contributed by atoms with E-state index in [0.717, 1.165) is 18.4 Å². The van der Waals surface area contributed by atoms with E-state index in [2.05, 4.69) is 32.7 Å². The lowest BCUT2D eigenvalue weighted by atomic mass is 9.87. The molecular formula is C18H21ClN6O. The maximum absolute atomic E-state index is 12.4. The van der Waals surface area contributed by atoms with Crippen LogP contribution in [0.5, 0.6) is 0 Å². The second-order valence-electron chi connectivity index (χ2n) is 7.05. The second-order valence-corrected chi connectivity index (χ2v) is 7.46. The molecule has 2 N–H and O–H groups in total. The van der Waals surface area contributed by atoms with Gasteiger partial charge >= 0.3 is 0 Å². The standard InChI is InChI=1S/C18H21ClN6O/c1-11-5-4-7-13(9-11)20-17-15-16(18(26)23-22-17)25(24-21-15)10-12-6-2-3-8-14(12)19/h2-3,6,8,11,13H,4-5,7,9-10H2,1H3,(H,20,22)(H,23,26)/t11-,13+/m1/s1. The number of benzene rings is 1. The van der Waals surface area contributed by atoms with Gasteiger partial charge in [0.25, 0.3) is 5.56 Å². The van der Waals surface area contributed by atoms with Crippen molar-refractivity contribution < 1.29 is 0 Å². The van der Waals surface area contributed by atoms with Crippen LogP contribution in [0.3, 0.4) is 0 Å². The topological polar surface area (TPSA) is 88.5 Å². The van der Waals surface area contributed by atoms with Gasteiger partial charge in [-0.3, -0.25) is 4.79 Å². The monoisotopic (exact) mass is 372 g/mol. The molecule has 0 amide bonds. The molecule has 1 aromatic carbocycles. The van der Waals surface area contributed by atoms with E-state index in [1.807, 2.05) is 24.3 Å². The fourth-order valence-electron chi connectivity index (χ4n) is 3.67. The minimum atomic E-state index is -0.306. The Hall–Kier alpha value is -2.41. The van der Waals surface area contributed by atoms with Crippen LogP contribution in [0, 0.1) is 5.92 Å². The number of halogens is 1. The van der Waals surface area contributed by atoms with Gasteiger partial charge in [-0.15, -0.1) is 5.10 Å². The Morgan fingerprint density at radius 3 is 3.00 bits per heavy atom. The quantitative estimate of drug-likeness (QED) is 0.734. The first-order valence-corrected chi connectivity index (χ1v) is 9.31. The molecule has 0 aliphatic heterocycles. The molecule has 4 rings (SSSR count). The Bertz CT molecular complexity index is 981. The van der Waals surface area contributed by atoms with Gasteiger partial charge in [0.15, 0.2) is 16.9 Å². The van der Waals surface area contributed by atoms with E-state index < -0.39 is 0 Å². The first-order chi connectivity index (χ1) is 12.6. The molecule has 0 unspecified atom stereocenters. The molecule has 1 aliphatic rings. The summed E-state index contributed by atoms with van der Waals surface area (Å²) in [5.41, 5.74) is 1.48. The molecule has 0 bridgehead atoms. The molecule has 0 saturated heterocycles. The zero-order valence-electron chi connectivity index (χ0n) is 14.6. The van der Waals surface area contributed by atoms with Gasteiger partial charge < -0.3 is 5.32 Å². The number of hydrogen-bond donors (Lipinski definition) is 2. The van der Waals surface area contributed by atoms with Crippen molar-refractivity contribution >= 4 is 28.5 Å². The largest absolute Gasteiger partial charge is 0.364 e. The average Bonchev–Trinajstić information content (AvgIpc) is 3.04. The van der Waals surface area contributed by atoms with Gasteiger partial charge in [-0.1, -0.05) is 54.8 Å². The third-order valence-electron chi connectivity index (χ3n) is 5.00. The van der Waals surface area contributed by atoms with Crippen molar-refractivity contribution in [1.29, 1.82) is 0 Å². The molecule has 2 aromatic heterocycles. The van der Waals surface area contributed by atoms with E-state index in [-0.39, 0.29) is 5.56 Å². The number of anilines is 1. The van der Waals surface area contributed by atoms with Crippen LogP contribution in [0.25, 0.3) is 11.0 Å². The molecule has 2 heterocycles. The molecule has 1 fully saturated rings. The lowest BCUT2D eigenvalue weighted by molar-refractivity contribution is 0.358. The highest BCUT2D eigenvalue weighted by Gasteiger charge is 2.22. The number of nitrogens with zero attached hydrogens (tertiary/aromatic N) is 4. The van der Waals surface area contributed by atoms with Crippen LogP contribution in [-0.4, -0.2) is 31.2 Å². The molecule has 0 spiro atoms. The number of aromatic nitrogens is 5. The molecule has 8 heteroatoms. The first kappa shape index (κ1) is 17.0. The maximum Gasteiger partial charge on any atom is 0.292 e. The molecule has 2 atom stereocenters. The third kappa shape index (κ3) is 3.31. The van der Waals surface area contributed by atoms with Gasteiger partial charge in [0.05, 0.1) is 6.54 Å². The SMILES string of the molecule is C[C@@H]1CCC[C@H](Nc2n[nH]c(=O)c3c2nnn3Cc2ccccc2Cl)C1. The number of H-pyrrole nitrogens is 1. The van der Waals surface area contributed by atoms with Crippen LogP contribution < -0.4 is 10.9 Å². The van der Waals surface area contributed by atoms with Crippen molar-refractivity contribution in [3.63, 3.8) is 0 Å². The van der Waals surface area contributed by atoms with Crippen molar-refractivity contribution in [3.8, 4) is 0 Å². The maximum atomic E-state index is 12.4. The van der Waals surface area contributed by atoms with Gasteiger partial charge in [-0.2, -0.15) is 5.10 Å². The summed E-state index contributed by atoms with van der Waals surface area (Å²) in [5, 5.41) is 19.2. The van der Waals surface area contributed by atoms with Crippen LogP contribution >= 0.6 is 11.6 Å². The molecule has 26 heavy (non-hydrogen) atoms. The van der Waals surface area contributed by atoms with Crippen molar-refractivity contribution in [2.24, 2.45) is 5.92 Å². The molecule has 3 aromatic rings. The molecule has 1 aliphatic carbocycles. The van der Waals surface area contributed by atoms with Crippen molar-refractivity contribution in [1.82, 2.24) is 25.2 Å². The predicted octanol–water partition coefficient (Wildman–Crippen LogP) is 3.21. The highest BCUT2D eigenvalue weighted by Crippen LogP contribution is 2.27. The zero-order chi connectivity index (χ0) is 18.1.